The molecule has 0 atom stereocenters. The van der Waals surface area contributed by atoms with Crippen LogP contribution in [0.5, 0.6) is 0 Å². The lowest BCUT2D eigenvalue weighted by Crippen LogP contribution is -2.15. The van der Waals surface area contributed by atoms with Crippen molar-refractivity contribution in [2.75, 3.05) is 13.2 Å². The zero-order valence-electron chi connectivity index (χ0n) is 7.22. The molecule has 1 heterocycles. The summed E-state index contributed by atoms with van der Waals surface area (Å²) in [5.74, 6) is 2.13. The third kappa shape index (κ3) is 2.48. The van der Waals surface area contributed by atoms with Gasteiger partial charge in [0.1, 0.15) is 0 Å². The molecule has 0 unspecified atom stereocenters. The second kappa shape index (κ2) is 3.57. The Bertz CT molecular complexity index is 112. The monoisotopic (exact) mass is 154 g/mol. The van der Waals surface area contributed by atoms with Crippen LogP contribution < -0.4 is 0 Å². The summed E-state index contributed by atoms with van der Waals surface area (Å²) in [5, 5.41) is 0. The fraction of sp³-hybridized carbons (Fsp3) is 1.00. The molecule has 0 radical (unpaired) electrons. The average Bonchev–Trinajstić information content (AvgIpc) is 2.86. The summed E-state index contributed by atoms with van der Waals surface area (Å²) in [6, 6.07) is 0. The minimum atomic E-state index is 1.00. The summed E-state index contributed by atoms with van der Waals surface area (Å²) < 4.78 is 5.32. The molecule has 11 heavy (non-hydrogen) atoms. The first-order chi connectivity index (χ1) is 5.45. The van der Waals surface area contributed by atoms with Gasteiger partial charge in [-0.25, -0.2) is 0 Å². The van der Waals surface area contributed by atoms with Gasteiger partial charge in [-0.2, -0.15) is 0 Å². The molecule has 1 nitrogen and oxygen atoms in total. The van der Waals surface area contributed by atoms with Crippen molar-refractivity contribution in [2.24, 2.45) is 11.8 Å². The summed E-state index contributed by atoms with van der Waals surface area (Å²) in [6.45, 7) is 2.05. The zero-order chi connectivity index (χ0) is 7.52. The standard InChI is InChI=1S/C10H18O/c1-2-9(1)3-4-10-5-7-11-8-6-10/h9-10H,1-8H2. The molecule has 1 heteroatoms. The lowest BCUT2D eigenvalue weighted by Gasteiger charge is -2.21. The van der Waals surface area contributed by atoms with E-state index in [1.54, 1.807) is 0 Å². The minimum Gasteiger partial charge on any atom is -0.381 e. The highest BCUT2D eigenvalue weighted by Gasteiger charge is 2.23. The molecule has 2 aliphatic rings. The van der Waals surface area contributed by atoms with Crippen LogP contribution in [-0.2, 0) is 4.74 Å². The lowest BCUT2D eigenvalue weighted by molar-refractivity contribution is 0.0628. The zero-order valence-corrected chi connectivity index (χ0v) is 7.22. The van der Waals surface area contributed by atoms with Crippen LogP contribution in [-0.4, -0.2) is 13.2 Å². The fourth-order valence-corrected chi connectivity index (χ4v) is 1.91. The number of hydrogen-bond acceptors (Lipinski definition) is 1. The first-order valence-electron chi connectivity index (χ1n) is 5.03. The van der Waals surface area contributed by atoms with E-state index < -0.39 is 0 Å². The Morgan fingerprint density at radius 1 is 0.818 bits per heavy atom. The van der Waals surface area contributed by atoms with E-state index in [0.29, 0.717) is 0 Å². The highest BCUT2D eigenvalue weighted by atomic mass is 16.5. The van der Waals surface area contributed by atoms with E-state index >= 15 is 0 Å². The molecule has 0 amide bonds. The van der Waals surface area contributed by atoms with Gasteiger partial charge in [-0.15, -0.1) is 0 Å². The minimum absolute atomic E-state index is 1.00. The Balaban J connectivity index is 1.59. The molecule has 1 saturated carbocycles. The molecule has 0 aromatic heterocycles. The van der Waals surface area contributed by atoms with Crippen LogP contribution in [0.25, 0.3) is 0 Å². The molecule has 1 saturated heterocycles. The van der Waals surface area contributed by atoms with Gasteiger partial charge in [-0.1, -0.05) is 25.7 Å². The Labute approximate surface area is 69.1 Å². The molecule has 64 valence electrons. The summed E-state index contributed by atoms with van der Waals surface area (Å²) in [4.78, 5) is 0. The van der Waals surface area contributed by atoms with Gasteiger partial charge in [0.05, 0.1) is 0 Å². The molecule has 1 aliphatic carbocycles. The molecule has 0 bridgehead atoms. The smallest absolute Gasteiger partial charge is 0.0468 e. The van der Waals surface area contributed by atoms with E-state index in [4.69, 9.17) is 4.74 Å². The average molecular weight is 154 g/mol. The van der Waals surface area contributed by atoms with Crippen LogP contribution in [0.4, 0.5) is 0 Å². The Hall–Kier alpha value is -0.0400. The Morgan fingerprint density at radius 3 is 1.91 bits per heavy atom. The van der Waals surface area contributed by atoms with E-state index in [0.717, 1.165) is 25.0 Å². The van der Waals surface area contributed by atoms with Gasteiger partial charge in [0.15, 0.2) is 0 Å². The Morgan fingerprint density at radius 2 is 1.36 bits per heavy atom. The highest BCUT2D eigenvalue weighted by molar-refractivity contribution is 4.75. The molecular formula is C10H18O. The van der Waals surface area contributed by atoms with Crippen LogP contribution in [0.1, 0.15) is 38.5 Å². The molecule has 0 spiro atoms. The maximum Gasteiger partial charge on any atom is 0.0468 e. The SMILES string of the molecule is C1CC(CCC2CC2)CCO1. The van der Waals surface area contributed by atoms with Gasteiger partial charge >= 0.3 is 0 Å². The van der Waals surface area contributed by atoms with E-state index in [2.05, 4.69) is 0 Å². The van der Waals surface area contributed by atoms with Gasteiger partial charge in [-0.05, 0) is 24.7 Å². The quantitative estimate of drug-likeness (QED) is 0.607. The van der Waals surface area contributed by atoms with Gasteiger partial charge < -0.3 is 4.74 Å². The molecule has 0 aromatic carbocycles. The second-order valence-corrected chi connectivity index (χ2v) is 4.08. The molecule has 2 fully saturated rings. The highest BCUT2D eigenvalue weighted by Crippen LogP contribution is 2.36. The van der Waals surface area contributed by atoms with Crippen molar-refractivity contribution < 1.29 is 4.74 Å². The third-order valence-electron chi connectivity index (χ3n) is 3.02. The number of rotatable bonds is 3. The van der Waals surface area contributed by atoms with Crippen LogP contribution in [0.15, 0.2) is 0 Å². The van der Waals surface area contributed by atoms with E-state index in [9.17, 15) is 0 Å². The normalized spacial score (nSPS) is 27.3. The van der Waals surface area contributed by atoms with Gasteiger partial charge in [0.2, 0.25) is 0 Å². The van der Waals surface area contributed by atoms with E-state index in [1.165, 1.54) is 38.5 Å². The lowest BCUT2D eigenvalue weighted by atomic mass is 9.94. The topological polar surface area (TPSA) is 9.23 Å². The molecule has 0 N–H and O–H groups in total. The first kappa shape index (κ1) is 7.60. The van der Waals surface area contributed by atoms with Crippen LogP contribution >= 0.6 is 0 Å². The van der Waals surface area contributed by atoms with Crippen molar-refractivity contribution in [3.63, 3.8) is 0 Å². The molecule has 2 rings (SSSR count). The van der Waals surface area contributed by atoms with Crippen molar-refractivity contribution in [2.45, 2.75) is 38.5 Å². The van der Waals surface area contributed by atoms with Gasteiger partial charge in [-0.3, -0.25) is 0 Å². The second-order valence-electron chi connectivity index (χ2n) is 4.08. The predicted molar refractivity (Wildman–Crippen MR) is 45.5 cm³/mol. The molecular weight excluding hydrogens is 136 g/mol. The fourth-order valence-electron chi connectivity index (χ4n) is 1.91. The van der Waals surface area contributed by atoms with Crippen LogP contribution in [0.2, 0.25) is 0 Å². The summed E-state index contributed by atoms with van der Waals surface area (Å²) in [5.41, 5.74) is 0. The summed E-state index contributed by atoms with van der Waals surface area (Å²) in [7, 11) is 0. The molecule has 0 aromatic rings. The summed E-state index contributed by atoms with van der Waals surface area (Å²) in [6.07, 6.45) is 8.67. The maximum atomic E-state index is 5.32. The van der Waals surface area contributed by atoms with Crippen molar-refractivity contribution in [3.05, 3.63) is 0 Å². The van der Waals surface area contributed by atoms with E-state index in [-0.39, 0.29) is 0 Å². The van der Waals surface area contributed by atoms with Crippen molar-refractivity contribution in [1.82, 2.24) is 0 Å². The van der Waals surface area contributed by atoms with Crippen LogP contribution in [0.3, 0.4) is 0 Å². The number of ether oxygens (including phenoxy) is 1. The van der Waals surface area contributed by atoms with Crippen molar-refractivity contribution in [3.8, 4) is 0 Å². The predicted octanol–water partition coefficient (Wildman–Crippen LogP) is 2.60. The Kier molecular flexibility index (Phi) is 2.47. The van der Waals surface area contributed by atoms with E-state index in [1.807, 2.05) is 0 Å². The first-order valence-corrected chi connectivity index (χ1v) is 5.03. The van der Waals surface area contributed by atoms with Crippen molar-refractivity contribution in [1.29, 1.82) is 0 Å². The molecule has 1 aliphatic heterocycles. The number of hydrogen-bond donors (Lipinski definition) is 0. The van der Waals surface area contributed by atoms with Gasteiger partial charge in [0.25, 0.3) is 0 Å². The third-order valence-corrected chi connectivity index (χ3v) is 3.02. The van der Waals surface area contributed by atoms with Gasteiger partial charge in [0, 0.05) is 13.2 Å². The van der Waals surface area contributed by atoms with Crippen molar-refractivity contribution >= 4 is 0 Å². The summed E-state index contributed by atoms with van der Waals surface area (Å²) >= 11 is 0. The largest absolute Gasteiger partial charge is 0.381 e. The maximum absolute atomic E-state index is 5.32. The van der Waals surface area contributed by atoms with Crippen LogP contribution in [0, 0.1) is 11.8 Å².